The molecule has 0 aliphatic rings. The molecular weight excluding hydrogens is 280 g/mol. The van der Waals surface area contributed by atoms with Gasteiger partial charge in [-0.1, -0.05) is 0 Å². The highest BCUT2D eigenvalue weighted by atomic mass is 16.1. The van der Waals surface area contributed by atoms with Gasteiger partial charge in [-0.15, -0.1) is 0 Å². The van der Waals surface area contributed by atoms with Crippen LogP contribution >= 0.6 is 0 Å². The standard InChI is InChI=1S/C15H18N6O/c1-10(7-21-9-16-8-17-21)18-15(22)12-4-5-14-13(6-12)19-11(2)20(14)3/h4-6,8-10H,7H2,1-3H3,(H,18,22)/t10-/m1/s1. The molecule has 0 bridgehead atoms. The molecule has 2 heterocycles. The molecule has 1 amide bonds. The van der Waals surface area contributed by atoms with Crippen LogP contribution in [0.25, 0.3) is 11.0 Å². The van der Waals surface area contributed by atoms with E-state index in [1.165, 1.54) is 6.33 Å². The van der Waals surface area contributed by atoms with Crippen LogP contribution in [0.2, 0.25) is 0 Å². The van der Waals surface area contributed by atoms with Crippen molar-refractivity contribution in [1.82, 2.24) is 29.6 Å². The minimum absolute atomic E-state index is 0.0460. The Hall–Kier alpha value is -2.70. The first kappa shape index (κ1) is 14.2. The summed E-state index contributed by atoms with van der Waals surface area (Å²) >= 11 is 0. The van der Waals surface area contributed by atoms with Crippen LogP contribution < -0.4 is 5.32 Å². The highest BCUT2D eigenvalue weighted by molar-refractivity contribution is 5.97. The molecule has 0 saturated heterocycles. The molecule has 7 heteroatoms. The van der Waals surface area contributed by atoms with Gasteiger partial charge in [0.25, 0.3) is 5.91 Å². The fourth-order valence-electron chi connectivity index (χ4n) is 2.42. The van der Waals surface area contributed by atoms with Crippen LogP contribution in [0.15, 0.2) is 30.9 Å². The Morgan fingerprint density at radius 3 is 2.95 bits per heavy atom. The molecule has 1 atom stereocenters. The van der Waals surface area contributed by atoms with Crippen molar-refractivity contribution in [2.75, 3.05) is 0 Å². The first-order valence-electron chi connectivity index (χ1n) is 7.11. The third kappa shape index (κ3) is 2.69. The highest BCUT2D eigenvalue weighted by Gasteiger charge is 2.13. The van der Waals surface area contributed by atoms with Gasteiger partial charge in [-0.2, -0.15) is 5.10 Å². The number of benzene rings is 1. The molecule has 3 rings (SSSR count). The Morgan fingerprint density at radius 2 is 2.23 bits per heavy atom. The average Bonchev–Trinajstić information content (AvgIpc) is 3.07. The van der Waals surface area contributed by atoms with E-state index in [1.54, 1.807) is 11.0 Å². The molecule has 0 aliphatic heterocycles. The number of aryl methyl sites for hydroxylation is 2. The molecule has 3 aromatic rings. The highest BCUT2D eigenvalue weighted by Crippen LogP contribution is 2.16. The van der Waals surface area contributed by atoms with E-state index in [2.05, 4.69) is 20.4 Å². The molecule has 0 saturated carbocycles. The van der Waals surface area contributed by atoms with Crippen molar-refractivity contribution in [1.29, 1.82) is 0 Å². The van der Waals surface area contributed by atoms with Gasteiger partial charge in [0.1, 0.15) is 18.5 Å². The predicted molar refractivity (Wildman–Crippen MR) is 82.4 cm³/mol. The Labute approximate surface area is 128 Å². The Bertz CT molecular complexity index is 805. The van der Waals surface area contributed by atoms with Crippen LogP contribution in [-0.2, 0) is 13.6 Å². The Kier molecular flexibility index (Phi) is 3.62. The van der Waals surface area contributed by atoms with Gasteiger partial charge in [0.15, 0.2) is 0 Å². The van der Waals surface area contributed by atoms with Gasteiger partial charge >= 0.3 is 0 Å². The lowest BCUT2D eigenvalue weighted by molar-refractivity contribution is 0.0936. The van der Waals surface area contributed by atoms with Crippen molar-refractivity contribution in [2.24, 2.45) is 7.05 Å². The monoisotopic (exact) mass is 298 g/mol. The number of nitrogens with zero attached hydrogens (tertiary/aromatic N) is 5. The third-order valence-corrected chi connectivity index (χ3v) is 3.67. The average molecular weight is 298 g/mol. The second kappa shape index (κ2) is 5.59. The lowest BCUT2D eigenvalue weighted by Crippen LogP contribution is -2.35. The van der Waals surface area contributed by atoms with E-state index >= 15 is 0 Å². The molecule has 1 aromatic carbocycles. The summed E-state index contributed by atoms with van der Waals surface area (Å²) in [5.41, 5.74) is 2.46. The van der Waals surface area contributed by atoms with Crippen molar-refractivity contribution in [3.63, 3.8) is 0 Å². The number of nitrogens with one attached hydrogen (secondary N) is 1. The van der Waals surface area contributed by atoms with E-state index in [0.29, 0.717) is 12.1 Å². The molecule has 114 valence electrons. The number of hydrogen-bond donors (Lipinski definition) is 1. The number of rotatable bonds is 4. The van der Waals surface area contributed by atoms with Crippen LogP contribution in [0.4, 0.5) is 0 Å². The van der Waals surface area contributed by atoms with E-state index in [4.69, 9.17) is 0 Å². The van der Waals surface area contributed by atoms with Crippen molar-refractivity contribution in [2.45, 2.75) is 26.4 Å². The number of hydrogen-bond acceptors (Lipinski definition) is 4. The zero-order valence-electron chi connectivity index (χ0n) is 12.8. The number of carbonyl (C=O) groups is 1. The fraction of sp³-hybridized carbons (Fsp3) is 0.333. The van der Waals surface area contributed by atoms with E-state index in [-0.39, 0.29) is 11.9 Å². The van der Waals surface area contributed by atoms with Crippen LogP contribution in [-0.4, -0.2) is 36.3 Å². The second-order valence-corrected chi connectivity index (χ2v) is 5.41. The topological polar surface area (TPSA) is 77.6 Å². The van der Waals surface area contributed by atoms with E-state index < -0.39 is 0 Å². The van der Waals surface area contributed by atoms with E-state index in [1.807, 2.05) is 43.7 Å². The molecule has 7 nitrogen and oxygen atoms in total. The van der Waals surface area contributed by atoms with Gasteiger partial charge < -0.3 is 9.88 Å². The number of carbonyl (C=O) groups excluding carboxylic acids is 1. The summed E-state index contributed by atoms with van der Waals surface area (Å²) in [7, 11) is 1.96. The Balaban J connectivity index is 1.74. The van der Waals surface area contributed by atoms with Gasteiger partial charge in [-0.25, -0.2) is 9.97 Å². The van der Waals surface area contributed by atoms with Crippen molar-refractivity contribution >= 4 is 16.9 Å². The summed E-state index contributed by atoms with van der Waals surface area (Å²) in [6.45, 7) is 4.46. The van der Waals surface area contributed by atoms with Gasteiger partial charge in [-0.3, -0.25) is 9.48 Å². The normalized spacial score (nSPS) is 12.5. The van der Waals surface area contributed by atoms with Crippen molar-refractivity contribution < 1.29 is 4.79 Å². The third-order valence-electron chi connectivity index (χ3n) is 3.67. The van der Waals surface area contributed by atoms with Gasteiger partial charge in [0, 0.05) is 18.7 Å². The van der Waals surface area contributed by atoms with E-state index in [9.17, 15) is 4.79 Å². The zero-order valence-corrected chi connectivity index (χ0v) is 12.8. The Morgan fingerprint density at radius 1 is 1.41 bits per heavy atom. The van der Waals surface area contributed by atoms with Crippen molar-refractivity contribution in [3.05, 3.63) is 42.2 Å². The van der Waals surface area contributed by atoms with Gasteiger partial charge in [0.05, 0.1) is 17.6 Å². The molecular formula is C15H18N6O. The van der Waals surface area contributed by atoms with Crippen LogP contribution in [0, 0.1) is 6.92 Å². The molecule has 2 aromatic heterocycles. The minimum Gasteiger partial charge on any atom is -0.348 e. The summed E-state index contributed by atoms with van der Waals surface area (Å²) < 4.78 is 3.70. The molecule has 0 aliphatic carbocycles. The summed E-state index contributed by atoms with van der Waals surface area (Å²) in [5, 5.41) is 6.99. The number of aromatic nitrogens is 5. The molecule has 0 radical (unpaired) electrons. The number of fused-ring (bicyclic) bond motifs is 1. The smallest absolute Gasteiger partial charge is 0.251 e. The maximum absolute atomic E-state index is 12.3. The quantitative estimate of drug-likeness (QED) is 0.787. The summed E-state index contributed by atoms with van der Waals surface area (Å²) in [4.78, 5) is 20.7. The molecule has 0 fully saturated rings. The van der Waals surface area contributed by atoms with Crippen LogP contribution in [0.3, 0.4) is 0 Å². The summed E-state index contributed by atoms with van der Waals surface area (Å²) in [6, 6.07) is 5.52. The number of amides is 1. The van der Waals surface area contributed by atoms with Crippen LogP contribution in [0.1, 0.15) is 23.1 Å². The number of imidazole rings is 1. The van der Waals surface area contributed by atoms with Gasteiger partial charge in [-0.05, 0) is 32.0 Å². The minimum atomic E-state index is -0.113. The first-order chi connectivity index (χ1) is 10.5. The maximum Gasteiger partial charge on any atom is 0.251 e. The summed E-state index contributed by atoms with van der Waals surface area (Å²) in [6.07, 6.45) is 3.11. The maximum atomic E-state index is 12.3. The summed E-state index contributed by atoms with van der Waals surface area (Å²) in [5.74, 6) is 0.810. The fourth-order valence-corrected chi connectivity index (χ4v) is 2.42. The lowest BCUT2D eigenvalue weighted by Gasteiger charge is -2.13. The SMILES string of the molecule is Cc1nc2cc(C(=O)N[C@H](C)Cn3cncn3)ccc2n1C. The zero-order chi connectivity index (χ0) is 15.7. The molecule has 1 N–H and O–H groups in total. The van der Waals surface area contributed by atoms with Gasteiger partial charge in [0.2, 0.25) is 0 Å². The van der Waals surface area contributed by atoms with Crippen LogP contribution in [0.5, 0.6) is 0 Å². The molecule has 0 unspecified atom stereocenters. The molecule has 0 spiro atoms. The molecule has 22 heavy (non-hydrogen) atoms. The lowest BCUT2D eigenvalue weighted by atomic mass is 10.1. The van der Waals surface area contributed by atoms with E-state index in [0.717, 1.165) is 16.9 Å². The first-order valence-corrected chi connectivity index (χ1v) is 7.11. The second-order valence-electron chi connectivity index (χ2n) is 5.41. The predicted octanol–water partition coefficient (Wildman–Crippen LogP) is 1.29. The largest absolute Gasteiger partial charge is 0.348 e. The van der Waals surface area contributed by atoms with Crippen molar-refractivity contribution in [3.8, 4) is 0 Å².